The van der Waals surface area contributed by atoms with Gasteiger partial charge in [-0.15, -0.1) is 0 Å². The first-order valence-electron chi connectivity index (χ1n) is 9.12. The van der Waals surface area contributed by atoms with Gasteiger partial charge in [0.15, 0.2) is 0 Å². The van der Waals surface area contributed by atoms with E-state index in [4.69, 9.17) is 4.74 Å². The Morgan fingerprint density at radius 3 is 2.59 bits per heavy atom. The van der Waals surface area contributed by atoms with Gasteiger partial charge in [0.2, 0.25) is 0 Å². The molecule has 0 aliphatic heterocycles. The van der Waals surface area contributed by atoms with Gasteiger partial charge < -0.3 is 10.1 Å². The second kappa shape index (κ2) is 9.05. The fourth-order valence-electron chi connectivity index (χ4n) is 2.83. The van der Waals surface area contributed by atoms with Crippen molar-refractivity contribution in [2.45, 2.75) is 40.5 Å². The van der Waals surface area contributed by atoms with E-state index in [1.54, 1.807) is 12.1 Å². The van der Waals surface area contributed by atoms with Gasteiger partial charge in [-0.25, -0.2) is 0 Å². The largest absolute Gasteiger partial charge is 0.494 e. The molecule has 0 bridgehead atoms. The Morgan fingerprint density at radius 1 is 1.26 bits per heavy atom. The summed E-state index contributed by atoms with van der Waals surface area (Å²) < 4.78 is 5.74. The maximum Gasteiger partial charge on any atom is 0.266 e. The lowest BCUT2D eigenvalue weighted by molar-refractivity contribution is -0.112. The number of anilines is 1. The molecule has 0 heterocycles. The number of rotatable bonds is 6. The first-order valence-corrected chi connectivity index (χ1v) is 9.12. The zero-order valence-electron chi connectivity index (χ0n) is 16.6. The van der Waals surface area contributed by atoms with Crippen LogP contribution in [-0.4, -0.2) is 12.5 Å². The molecular weight excluding hydrogens is 336 g/mol. The molecule has 0 aliphatic rings. The summed E-state index contributed by atoms with van der Waals surface area (Å²) in [4.78, 5) is 12.5. The van der Waals surface area contributed by atoms with Gasteiger partial charge in [-0.2, -0.15) is 5.26 Å². The van der Waals surface area contributed by atoms with Crippen LogP contribution >= 0.6 is 0 Å². The molecule has 0 atom stereocenters. The van der Waals surface area contributed by atoms with Crippen molar-refractivity contribution in [2.24, 2.45) is 0 Å². The van der Waals surface area contributed by atoms with Crippen LogP contribution in [0.25, 0.3) is 6.08 Å². The van der Waals surface area contributed by atoms with Crippen LogP contribution in [0.15, 0.2) is 42.0 Å². The SMILES string of the molecule is CCOc1cc(C)c(/C=C(\C#N)C(=O)Nc2cccc(C)c2)cc1C(C)C. The van der Waals surface area contributed by atoms with Gasteiger partial charge in [-0.1, -0.05) is 26.0 Å². The average Bonchev–Trinajstić information content (AvgIpc) is 2.61. The fourth-order valence-corrected chi connectivity index (χ4v) is 2.83. The Bertz CT molecular complexity index is 905. The molecular formula is C23H26N2O2. The number of nitrogens with zero attached hydrogens (tertiary/aromatic N) is 1. The number of carbonyl (C=O) groups excluding carboxylic acids is 1. The summed E-state index contributed by atoms with van der Waals surface area (Å²) in [6, 6.07) is 13.5. The minimum absolute atomic E-state index is 0.0680. The summed E-state index contributed by atoms with van der Waals surface area (Å²) in [6.45, 7) is 10.6. The van der Waals surface area contributed by atoms with Gasteiger partial charge in [0.25, 0.3) is 5.91 Å². The number of nitrogens with one attached hydrogen (secondary N) is 1. The van der Waals surface area contributed by atoms with Crippen LogP contribution in [0.4, 0.5) is 5.69 Å². The van der Waals surface area contributed by atoms with E-state index in [9.17, 15) is 10.1 Å². The molecule has 0 unspecified atom stereocenters. The van der Waals surface area contributed by atoms with Crippen LogP contribution in [0.1, 0.15) is 48.9 Å². The molecule has 0 aromatic heterocycles. The van der Waals surface area contributed by atoms with E-state index in [-0.39, 0.29) is 11.5 Å². The molecule has 0 radical (unpaired) electrons. The van der Waals surface area contributed by atoms with E-state index < -0.39 is 5.91 Å². The van der Waals surface area contributed by atoms with Crippen molar-refractivity contribution in [1.82, 2.24) is 0 Å². The molecule has 0 saturated heterocycles. The number of hydrogen-bond acceptors (Lipinski definition) is 3. The maximum absolute atomic E-state index is 12.5. The molecule has 2 rings (SSSR count). The third-order valence-electron chi connectivity index (χ3n) is 4.26. The highest BCUT2D eigenvalue weighted by molar-refractivity contribution is 6.09. The molecule has 1 N–H and O–H groups in total. The van der Waals surface area contributed by atoms with Gasteiger partial charge in [0.05, 0.1) is 6.61 Å². The Morgan fingerprint density at radius 2 is 2.00 bits per heavy atom. The van der Waals surface area contributed by atoms with Crippen molar-refractivity contribution < 1.29 is 9.53 Å². The molecule has 0 aliphatic carbocycles. The van der Waals surface area contributed by atoms with Crippen LogP contribution in [0.3, 0.4) is 0 Å². The summed E-state index contributed by atoms with van der Waals surface area (Å²) in [5, 5.41) is 12.3. The molecule has 4 nitrogen and oxygen atoms in total. The number of hydrogen-bond donors (Lipinski definition) is 1. The Hall–Kier alpha value is -3.06. The Balaban J connectivity index is 2.37. The highest BCUT2D eigenvalue weighted by Crippen LogP contribution is 2.31. The second-order valence-electron chi connectivity index (χ2n) is 6.83. The van der Waals surface area contributed by atoms with Gasteiger partial charge in [0.1, 0.15) is 17.4 Å². The summed E-state index contributed by atoms with van der Waals surface area (Å²) >= 11 is 0. The van der Waals surface area contributed by atoms with Crippen molar-refractivity contribution in [3.8, 4) is 11.8 Å². The summed E-state index contributed by atoms with van der Waals surface area (Å²) in [6.07, 6.45) is 1.64. The quantitative estimate of drug-likeness (QED) is 0.555. The minimum Gasteiger partial charge on any atom is -0.494 e. The fraction of sp³-hybridized carbons (Fsp3) is 0.304. The smallest absolute Gasteiger partial charge is 0.266 e. The number of carbonyl (C=O) groups is 1. The van der Waals surface area contributed by atoms with E-state index in [1.807, 2.05) is 57.2 Å². The molecule has 27 heavy (non-hydrogen) atoms. The van der Waals surface area contributed by atoms with Crippen LogP contribution < -0.4 is 10.1 Å². The van der Waals surface area contributed by atoms with Crippen LogP contribution in [0.5, 0.6) is 5.75 Å². The van der Waals surface area contributed by atoms with E-state index >= 15 is 0 Å². The van der Waals surface area contributed by atoms with Crippen molar-refractivity contribution in [2.75, 3.05) is 11.9 Å². The van der Waals surface area contributed by atoms with E-state index in [0.29, 0.717) is 12.3 Å². The van der Waals surface area contributed by atoms with Crippen molar-refractivity contribution in [3.05, 3.63) is 64.2 Å². The molecule has 0 fully saturated rings. The number of benzene rings is 2. The number of ether oxygens (including phenoxy) is 1. The first kappa shape index (κ1) is 20.3. The van der Waals surface area contributed by atoms with Crippen molar-refractivity contribution >= 4 is 17.7 Å². The molecule has 0 spiro atoms. The van der Waals surface area contributed by atoms with Crippen molar-refractivity contribution in [1.29, 1.82) is 5.26 Å². The highest BCUT2D eigenvalue weighted by atomic mass is 16.5. The predicted octanol–water partition coefficient (Wildman–Crippen LogP) is 5.37. The minimum atomic E-state index is -0.414. The predicted molar refractivity (Wildman–Crippen MR) is 110 cm³/mol. The molecule has 2 aromatic carbocycles. The standard InChI is InChI=1S/C23H26N2O2/c1-6-27-22-11-17(5)18(13-21(22)15(2)3)12-19(14-24)23(26)25-20-9-7-8-16(4)10-20/h7-13,15H,6H2,1-5H3,(H,25,26)/b19-12+. The summed E-state index contributed by atoms with van der Waals surface area (Å²) in [5.41, 5.74) is 4.65. The summed E-state index contributed by atoms with van der Waals surface area (Å²) in [7, 11) is 0. The Kier molecular flexibility index (Phi) is 6.79. The molecule has 0 saturated carbocycles. The lowest BCUT2D eigenvalue weighted by Gasteiger charge is -2.16. The highest BCUT2D eigenvalue weighted by Gasteiger charge is 2.14. The Labute approximate surface area is 161 Å². The van der Waals surface area contributed by atoms with Gasteiger partial charge in [0, 0.05) is 5.69 Å². The van der Waals surface area contributed by atoms with Crippen molar-refractivity contribution in [3.63, 3.8) is 0 Å². The van der Waals surface area contributed by atoms with Crippen LogP contribution in [0.2, 0.25) is 0 Å². The molecule has 140 valence electrons. The zero-order chi connectivity index (χ0) is 20.0. The number of nitriles is 1. The van der Waals surface area contributed by atoms with Crippen LogP contribution in [-0.2, 0) is 4.79 Å². The normalized spacial score (nSPS) is 11.2. The lowest BCUT2D eigenvalue weighted by atomic mass is 9.95. The van der Waals surface area contributed by atoms with E-state index in [0.717, 1.165) is 28.0 Å². The monoisotopic (exact) mass is 362 g/mol. The van der Waals surface area contributed by atoms with Crippen LogP contribution in [0, 0.1) is 25.2 Å². The third-order valence-corrected chi connectivity index (χ3v) is 4.26. The summed E-state index contributed by atoms with van der Waals surface area (Å²) in [5.74, 6) is 0.707. The average molecular weight is 362 g/mol. The van der Waals surface area contributed by atoms with Gasteiger partial charge in [-0.3, -0.25) is 4.79 Å². The third kappa shape index (κ3) is 5.21. The maximum atomic E-state index is 12.5. The molecule has 2 aromatic rings. The van der Waals surface area contributed by atoms with E-state index in [2.05, 4.69) is 19.2 Å². The van der Waals surface area contributed by atoms with Gasteiger partial charge in [-0.05, 0) is 79.3 Å². The molecule has 4 heteroatoms. The zero-order valence-corrected chi connectivity index (χ0v) is 16.6. The lowest BCUT2D eigenvalue weighted by Crippen LogP contribution is -2.13. The second-order valence-corrected chi connectivity index (χ2v) is 6.83. The number of aryl methyl sites for hydroxylation is 2. The van der Waals surface area contributed by atoms with E-state index in [1.165, 1.54) is 0 Å². The topological polar surface area (TPSA) is 62.1 Å². The molecule has 1 amide bonds. The van der Waals surface area contributed by atoms with Gasteiger partial charge >= 0.3 is 0 Å². The number of amides is 1. The first-order chi connectivity index (χ1) is 12.8.